The molecule has 0 amide bonds. The average molecular weight is 640 g/mol. The number of hydrogen-bond acceptors (Lipinski definition) is 5. The maximum absolute atomic E-state index is 11.5. The molecular formula is C28H35IrN2O3-. The molecule has 3 aromatic rings. The van der Waals surface area contributed by atoms with Crippen molar-refractivity contribution >= 4 is 16.9 Å². The minimum atomic E-state index is -0.417. The topological polar surface area (TPSA) is 76.2 Å². The zero-order valence-corrected chi connectivity index (χ0v) is 23.6. The molecule has 1 N–H and O–H groups in total. The summed E-state index contributed by atoms with van der Waals surface area (Å²) in [6, 6.07) is 7.25. The van der Waals surface area contributed by atoms with Gasteiger partial charge in [0.15, 0.2) is 5.78 Å². The van der Waals surface area contributed by atoms with Gasteiger partial charge in [-0.05, 0) is 44.1 Å². The molecule has 0 bridgehead atoms. The van der Waals surface area contributed by atoms with E-state index in [2.05, 4.69) is 29.0 Å². The summed E-state index contributed by atoms with van der Waals surface area (Å²) < 4.78 is 6.08. The van der Waals surface area contributed by atoms with Gasteiger partial charge in [-0.1, -0.05) is 53.2 Å². The molecule has 0 saturated heterocycles. The van der Waals surface area contributed by atoms with E-state index in [0.29, 0.717) is 0 Å². The van der Waals surface area contributed by atoms with Crippen molar-refractivity contribution in [1.82, 2.24) is 9.97 Å². The summed E-state index contributed by atoms with van der Waals surface area (Å²) in [6.45, 7) is 13.2. The number of carbonyl (C=O) groups excluding carboxylic acids is 1. The maximum atomic E-state index is 11.5. The molecule has 5 nitrogen and oxygen atoms in total. The van der Waals surface area contributed by atoms with Crippen LogP contribution in [-0.4, -0.2) is 20.9 Å². The van der Waals surface area contributed by atoms with Gasteiger partial charge in [0, 0.05) is 60.8 Å². The number of ketones is 1. The Morgan fingerprint density at radius 3 is 2.38 bits per heavy atom. The molecule has 3 aromatic heterocycles. The number of carbonyl (C=O) groups is 1. The number of aliphatic hydroxyl groups excluding tert-OH is 1. The molecule has 1 radical (unpaired) electrons. The molecule has 1 aliphatic rings. The first-order valence-corrected chi connectivity index (χ1v) is 11.6. The number of furan rings is 1. The molecule has 0 unspecified atom stereocenters. The number of nitrogens with zero attached hydrogens (tertiary/aromatic N) is 2. The van der Waals surface area contributed by atoms with Gasteiger partial charge in [0.25, 0.3) is 0 Å². The maximum Gasteiger partial charge on any atom is 0.164 e. The quantitative estimate of drug-likeness (QED) is 0.186. The Labute approximate surface area is 216 Å². The fourth-order valence-corrected chi connectivity index (χ4v) is 3.50. The summed E-state index contributed by atoms with van der Waals surface area (Å²) in [5.41, 5.74) is 5.38. The van der Waals surface area contributed by atoms with Crippen LogP contribution in [-0.2, 0) is 37.7 Å². The molecule has 0 atom stereocenters. The van der Waals surface area contributed by atoms with Gasteiger partial charge in [-0.25, -0.2) is 0 Å². The normalized spacial score (nSPS) is 14.0. The van der Waals surface area contributed by atoms with E-state index in [1.165, 1.54) is 30.0 Å². The fourth-order valence-electron chi connectivity index (χ4n) is 3.50. The van der Waals surface area contributed by atoms with Crippen LogP contribution in [0.15, 0.2) is 40.8 Å². The van der Waals surface area contributed by atoms with Crippen molar-refractivity contribution < 1.29 is 34.4 Å². The second-order valence-corrected chi connectivity index (χ2v) is 10.8. The largest absolute Gasteiger partial charge is 0.517 e. The Bertz CT molecular complexity index is 1180. The van der Waals surface area contributed by atoms with E-state index >= 15 is 0 Å². The summed E-state index contributed by atoms with van der Waals surface area (Å²) in [7, 11) is 0. The Morgan fingerprint density at radius 1 is 1.09 bits per heavy atom. The number of aryl methyl sites for hydroxylation is 3. The zero-order chi connectivity index (χ0) is 24.4. The number of fused-ring (bicyclic) bond motifs is 3. The van der Waals surface area contributed by atoms with Gasteiger partial charge in [0.2, 0.25) is 0 Å². The SMILES string of the molecule is CC(C)(C)C(=O)/C=C(\O)C(C)(C)C.Cc1ccnc(-c2[c-]cnc3c4c(oc23)CCCC4)c1.[Ir]. The number of pyridine rings is 2. The van der Waals surface area contributed by atoms with E-state index < -0.39 is 5.41 Å². The van der Waals surface area contributed by atoms with Gasteiger partial charge in [0.1, 0.15) is 5.76 Å². The van der Waals surface area contributed by atoms with E-state index in [1.807, 2.05) is 53.8 Å². The summed E-state index contributed by atoms with van der Waals surface area (Å²) in [6.07, 6.45) is 9.42. The minimum absolute atomic E-state index is 0. The molecule has 1 aliphatic carbocycles. The Balaban J connectivity index is 0.000000258. The van der Waals surface area contributed by atoms with Crippen molar-refractivity contribution in [3.8, 4) is 11.3 Å². The smallest absolute Gasteiger partial charge is 0.164 e. The van der Waals surface area contributed by atoms with Gasteiger partial charge in [-0.3, -0.25) is 9.78 Å². The van der Waals surface area contributed by atoms with Crippen LogP contribution in [0.2, 0.25) is 0 Å². The first-order chi connectivity index (χ1) is 15.4. The minimum Gasteiger partial charge on any atom is -0.517 e. The molecular weight excluding hydrogens is 605 g/mol. The standard InChI is InChI=1S/C17H15N2O.C11H20O2.Ir/c1-11-6-8-18-14(10-11)12-7-9-19-16-13-4-2-3-5-15(13)20-17(12)16;1-10(2,3)8(12)7-9(13)11(4,5)6;/h6,8-10H,2-5H2,1H3;7,12H,1-6H3;/q-1;;/b;8-7-;. The molecule has 0 fully saturated rings. The predicted molar refractivity (Wildman–Crippen MR) is 132 cm³/mol. The summed E-state index contributed by atoms with van der Waals surface area (Å²) in [5.74, 6) is 1.21. The first-order valence-electron chi connectivity index (χ1n) is 11.6. The Kier molecular flexibility index (Phi) is 9.01. The monoisotopic (exact) mass is 640 g/mol. The third-order valence-electron chi connectivity index (χ3n) is 5.72. The number of aliphatic hydroxyl groups is 1. The van der Waals surface area contributed by atoms with Gasteiger partial charge in [0.05, 0.1) is 11.3 Å². The Morgan fingerprint density at radius 2 is 1.76 bits per heavy atom. The van der Waals surface area contributed by atoms with E-state index in [-0.39, 0.29) is 37.1 Å². The van der Waals surface area contributed by atoms with Gasteiger partial charge >= 0.3 is 0 Å². The van der Waals surface area contributed by atoms with E-state index in [4.69, 9.17) is 4.42 Å². The zero-order valence-electron chi connectivity index (χ0n) is 21.2. The molecule has 0 spiro atoms. The molecule has 4 rings (SSSR count). The molecule has 0 aromatic carbocycles. The summed E-state index contributed by atoms with van der Waals surface area (Å²) in [5, 5.41) is 9.56. The molecule has 34 heavy (non-hydrogen) atoms. The number of rotatable bonds is 2. The van der Waals surface area contributed by atoms with Crippen LogP contribution in [0.1, 0.15) is 71.3 Å². The van der Waals surface area contributed by atoms with Crippen LogP contribution < -0.4 is 0 Å². The van der Waals surface area contributed by atoms with Crippen molar-refractivity contribution in [2.24, 2.45) is 10.8 Å². The number of hydrogen-bond donors (Lipinski definition) is 1. The summed E-state index contributed by atoms with van der Waals surface area (Å²) >= 11 is 0. The fraction of sp³-hybridized carbons (Fsp3) is 0.464. The van der Waals surface area contributed by atoms with Crippen LogP contribution in [0, 0.1) is 23.8 Å². The predicted octanol–water partition coefficient (Wildman–Crippen LogP) is 6.96. The second kappa shape index (κ2) is 11.0. The van der Waals surface area contributed by atoms with Gasteiger partial charge in [-0.15, -0.1) is 5.56 Å². The van der Waals surface area contributed by atoms with E-state index in [9.17, 15) is 9.90 Å². The molecule has 6 heteroatoms. The van der Waals surface area contributed by atoms with Crippen LogP contribution in [0.4, 0.5) is 0 Å². The van der Waals surface area contributed by atoms with Crippen molar-refractivity contribution in [3.63, 3.8) is 0 Å². The van der Waals surface area contributed by atoms with Gasteiger partial charge in [-0.2, -0.15) is 6.07 Å². The number of aromatic nitrogens is 2. The van der Waals surface area contributed by atoms with Gasteiger partial charge < -0.3 is 14.5 Å². The Hall–Kier alpha value is -2.30. The third kappa shape index (κ3) is 6.64. The number of allylic oxidation sites excluding steroid dienone is 2. The van der Waals surface area contributed by atoms with Crippen LogP contribution in [0.25, 0.3) is 22.4 Å². The molecule has 185 valence electrons. The van der Waals surface area contributed by atoms with E-state index in [1.54, 1.807) is 6.20 Å². The van der Waals surface area contributed by atoms with Crippen molar-refractivity contribution in [3.05, 3.63) is 59.3 Å². The second-order valence-electron chi connectivity index (χ2n) is 10.8. The van der Waals surface area contributed by atoms with E-state index in [0.717, 1.165) is 41.0 Å². The van der Waals surface area contributed by atoms with Crippen LogP contribution in [0.3, 0.4) is 0 Å². The summed E-state index contributed by atoms with van der Waals surface area (Å²) in [4.78, 5) is 20.4. The molecule has 0 aliphatic heterocycles. The third-order valence-corrected chi connectivity index (χ3v) is 5.72. The molecule has 3 heterocycles. The van der Waals surface area contributed by atoms with Crippen LogP contribution >= 0.6 is 0 Å². The molecule has 0 saturated carbocycles. The van der Waals surface area contributed by atoms with Crippen molar-refractivity contribution in [1.29, 1.82) is 0 Å². The first kappa shape index (κ1) is 27.9. The van der Waals surface area contributed by atoms with Crippen molar-refractivity contribution in [2.75, 3.05) is 0 Å². The average Bonchev–Trinajstić information content (AvgIpc) is 3.11. The van der Waals surface area contributed by atoms with Crippen molar-refractivity contribution in [2.45, 2.75) is 74.1 Å². The van der Waals surface area contributed by atoms with Crippen LogP contribution in [0.5, 0.6) is 0 Å².